The first-order valence-electron chi connectivity index (χ1n) is 6.69. The summed E-state index contributed by atoms with van der Waals surface area (Å²) in [5.41, 5.74) is 5.74. The summed E-state index contributed by atoms with van der Waals surface area (Å²) in [5.74, 6) is -0.161. The molecule has 0 bridgehead atoms. The first-order valence-corrected chi connectivity index (χ1v) is 6.69. The van der Waals surface area contributed by atoms with Crippen LogP contribution in [0.2, 0.25) is 0 Å². The molecule has 1 aromatic rings. The lowest BCUT2D eigenvalue weighted by atomic mass is 10.1. The Morgan fingerprint density at radius 3 is 2.67 bits per heavy atom. The van der Waals surface area contributed by atoms with E-state index in [2.05, 4.69) is 0 Å². The minimum Gasteiger partial charge on any atom is -0.399 e. The van der Waals surface area contributed by atoms with Crippen LogP contribution in [0.15, 0.2) is 18.2 Å². The second-order valence-electron chi connectivity index (χ2n) is 5.17. The van der Waals surface area contributed by atoms with Gasteiger partial charge in [0.05, 0.1) is 11.5 Å². The Morgan fingerprint density at radius 2 is 2.14 bits per heavy atom. The number of nitro groups is 1. The van der Waals surface area contributed by atoms with Crippen LogP contribution in [0.4, 0.5) is 11.4 Å². The summed E-state index contributed by atoms with van der Waals surface area (Å²) >= 11 is 0. The molecule has 1 aromatic carbocycles. The molecule has 2 N–H and O–H groups in total. The predicted octanol–water partition coefficient (Wildman–Crippen LogP) is 1.92. The number of ether oxygens (including phenoxy) is 1. The third-order valence-electron chi connectivity index (χ3n) is 2.89. The van der Waals surface area contributed by atoms with E-state index in [9.17, 15) is 14.9 Å². The molecular formula is C14H21N3O4. The number of anilines is 1. The van der Waals surface area contributed by atoms with Gasteiger partial charge >= 0.3 is 0 Å². The maximum absolute atomic E-state index is 12.6. The number of carbonyl (C=O) groups excluding carboxylic acids is 1. The lowest BCUT2D eigenvalue weighted by Gasteiger charge is -2.24. The highest BCUT2D eigenvalue weighted by Gasteiger charge is 2.25. The molecule has 21 heavy (non-hydrogen) atoms. The van der Waals surface area contributed by atoms with E-state index in [0.29, 0.717) is 25.4 Å². The molecule has 7 heteroatoms. The third-order valence-corrected chi connectivity index (χ3v) is 2.89. The molecule has 0 aliphatic carbocycles. The van der Waals surface area contributed by atoms with Crippen molar-refractivity contribution in [2.45, 2.75) is 13.8 Å². The third kappa shape index (κ3) is 4.71. The topological polar surface area (TPSA) is 98.7 Å². The van der Waals surface area contributed by atoms with Crippen LogP contribution in [0.25, 0.3) is 0 Å². The Bertz CT molecular complexity index is 517. The number of nitrogens with two attached hydrogens (primary N) is 1. The number of nitro benzene ring substituents is 1. The van der Waals surface area contributed by atoms with Crippen molar-refractivity contribution >= 4 is 17.3 Å². The van der Waals surface area contributed by atoms with Gasteiger partial charge in [-0.3, -0.25) is 14.9 Å². The number of methoxy groups -OCH3 is 1. The summed E-state index contributed by atoms with van der Waals surface area (Å²) in [4.78, 5) is 24.6. The van der Waals surface area contributed by atoms with E-state index >= 15 is 0 Å². The molecule has 0 radical (unpaired) electrons. The molecule has 116 valence electrons. The van der Waals surface area contributed by atoms with E-state index < -0.39 is 10.8 Å². The fraction of sp³-hybridized carbons (Fsp3) is 0.500. The van der Waals surface area contributed by atoms with Crippen molar-refractivity contribution in [1.29, 1.82) is 0 Å². The Balaban J connectivity index is 3.12. The summed E-state index contributed by atoms with van der Waals surface area (Å²) in [7, 11) is 1.54. The van der Waals surface area contributed by atoms with Gasteiger partial charge in [0.15, 0.2) is 0 Å². The van der Waals surface area contributed by atoms with Crippen LogP contribution < -0.4 is 5.73 Å². The van der Waals surface area contributed by atoms with Gasteiger partial charge in [0, 0.05) is 32.0 Å². The maximum Gasteiger partial charge on any atom is 0.282 e. The molecule has 0 unspecified atom stereocenters. The molecule has 0 aliphatic heterocycles. The number of hydrogen-bond acceptors (Lipinski definition) is 5. The quantitative estimate of drug-likeness (QED) is 0.470. The predicted molar refractivity (Wildman–Crippen MR) is 80.1 cm³/mol. The maximum atomic E-state index is 12.6. The zero-order valence-corrected chi connectivity index (χ0v) is 12.5. The van der Waals surface area contributed by atoms with Crippen LogP contribution in [0, 0.1) is 16.0 Å². The average molecular weight is 295 g/mol. The minimum atomic E-state index is -0.573. The first-order chi connectivity index (χ1) is 9.86. The van der Waals surface area contributed by atoms with Gasteiger partial charge in [0.2, 0.25) is 0 Å². The highest BCUT2D eigenvalue weighted by atomic mass is 16.6. The van der Waals surface area contributed by atoms with Crippen molar-refractivity contribution in [3.63, 3.8) is 0 Å². The molecule has 0 heterocycles. The molecule has 0 saturated heterocycles. The number of rotatable bonds is 7. The summed E-state index contributed by atoms with van der Waals surface area (Å²) in [5, 5.41) is 11.1. The Morgan fingerprint density at radius 1 is 1.48 bits per heavy atom. The smallest absolute Gasteiger partial charge is 0.282 e. The molecule has 1 amide bonds. The van der Waals surface area contributed by atoms with E-state index in [1.807, 2.05) is 13.8 Å². The number of amides is 1. The average Bonchev–Trinajstić information content (AvgIpc) is 2.41. The van der Waals surface area contributed by atoms with Gasteiger partial charge in [0.25, 0.3) is 11.6 Å². The van der Waals surface area contributed by atoms with Crippen LogP contribution >= 0.6 is 0 Å². The van der Waals surface area contributed by atoms with Gasteiger partial charge in [-0.1, -0.05) is 13.8 Å². The van der Waals surface area contributed by atoms with Crippen LogP contribution in [0.3, 0.4) is 0 Å². The SMILES string of the molecule is COCCN(CC(C)C)C(=O)c1cc(N)ccc1[N+](=O)[O-]. The summed E-state index contributed by atoms with van der Waals surface area (Å²) < 4.78 is 4.99. The Labute approximate surface area is 123 Å². The van der Waals surface area contributed by atoms with Gasteiger partial charge in [-0.15, -0.1) is 0 Å². The molecule has 0 aliphatic rings. The van der Waals surface area contributed by atoms with E-state index in [4.69, 9.17) is 10.5 Å². The van der Waals surface area contributed by atoms with E-state index in [1.165, 1.54) is 18.2 Å². The van der Waals surface area contributed by atoms with Crippen LogP contribution in [-0.2, 0) is 4.74 Å². The summed E-state index contributed by atoms with van der Waals surface area (Å²) in [6.07, 6.45) is 0. The monoisotopic (exact) mass is 295 g/mol. The minimum absolute atomic E-state index is 0.0109. The van der Waals surface area contributed by atoms with E-state index in [1.54, 1.807) is 12.0 Å². The number of hydrogen-bond donors (Lipinski definition) is 1. The van der Waals surface area contributed by atoms with Crippen LogP contribution in [0.1, 0.15) is 24.2 Å². The van der Waals surface area contributed by atoms with Crippen molar-refractivity contribution in [3.8, 4) is 0 Å². The van der Waals surface area contributed by atoms with E-state index in [0.717, 1.165) is 0 Å². The molecule has 1 rings (SSSR count). The highest BCUT2D eigenvalue weighted by molar-refractivity contribution is 5.99. The standard InChI is InChI=1S/C14H21N3O4/c1-10(2)9-16(6-7-21-3)14(18)12-8-11(15)4-5-13(12)17(19)20/h4-5,8,10H,6-7,9,15H2,1-3H3. The van der Waals surface area contributed by atoms with Crippen molar-refractivity contribution < 1.29 is 14.5 Å². The molecule has 0 saturated carbocycles. The lowest BCUT2D eigenvalue weighted by molar-refractivity contribution is -0.385. The Kier molecular flexibility index (Phi) is 6.10. The van der Waals surface area contributed by atoms with Gasteiger partial charge in [-0.05, 0) is 18.1 Å². The number of benzene rings is 1. The van der Waals surface area contributed by atoms with Crippen LogP contribution in [-0.4, -0.2) is 42.5 Å². The van der Waals surface area contributed by atoms with Crippen molar-refractivity contribution in [2.75, 3.05) is 32.5 Å². The van der Waals surface area contributed by atoms with Gasteiger partial charge in [-0.2, -0.15) is 0 Å². The van der Waals surface area contributed by atoms with Crippen LogP contribution in [0.5, 0.6) is 0 Å². The molecule has 0 aromatic heterocycles. The molecule has 0 atom stereocenters. The van der Waals surface area contributed by atoms with E-state index in [-0.39, 0.29) is 17.2 Å². The normalized spacial score (nSPS) is 10.7. The zero-order chi connectivity index (χ0) is 16.0. The second-order valence-corrected chi connectivity index (χ2v) is 5.17. The highest BCUT2D eigenvalue weighted by Crippen LogP contribution is 2.23. The Hall–Kier alpha value is -2.15. The molecule has 0 fully saturated rings. The molecule has 0 spiro atoms. The van der Waals surface area contributed by atoms with Gasteiger partial charge in [-0.25, -0.2) is 0 Å². The van der Waals surface area contributed by atoms with Gasteiger partial charge < -0.3 is 15.4 Å². The van der Waals surface area contributed by atoms with Crippen molar-refractivity contribution in [3.05, 3.63) is 33.9 Å². The molecule has 7 nitrogen and oxygen atoms in total. The fourth-order valence-electron chi connectivity index (χ4n) is 1.97. The number of nitrogen functional groups attached to an aromatic ring is 1. The zero-order valence-electron chi connectivity index (χ0n) is 12.5. The molecular weight excluding hydrogens is 274 g/mol. The number of carbonyl (C=O) groups is 1. The fourth-order valence-corrected chi connectivity index (χ4v) is 1.97. The summed E-state index contributed by atoms with van der Waals surface area (Å²) in [6, 6.07) is 4.02. The van der Waals surface area contributed by atoms with Crippen molar-refractivity contribution in [1.82, 2.24) is 4.90 Å². The largest absolute Gasteiger partial charge is 0.399 e. The second kappa shape index (κ2) is 7.58. The lowest BCUT2D eigenvalue weighted by Crippen LogP contribution is -2.37. The first kappa shape index (κ1) is 16.9. The van der Waals surface area contributed by atoms with Crippen molar-refractivity contribution in [2.24, 2.45) is 5.92 Å². The number of nitrogens with zero attached hydrogens (tertiary/aromatic N) is 2. The van der Waals surface area contributed by atoms with Gasteiger partial charge in [0.1, 0.15) is 5.56 Å². The summed E-state index contributed by atoms with van der Waals surface area (Å²) in [6.45, 7) is 5.18.